The van der Waals surface area contributed by atoms with Crippen molar-refractivity contribution in [1.82, 2.24) is 29.1 Å². The highest BCUT2D eigenvalue weighted by atomic mass is 32.1. The fraction of sp³-hybridized carbons (Fsp3) is 0. The van der Waals surface area contributed by atoms with Crippen LogP contribution in [0.4, 0.5) is 5.95 Å². The number of fused-ring (bicyclic) bond motifs is 1. The number of nitrogen functional groups attached to an aromatic ring is 1. The molecule has 2 N–H and O–H groups in total. The summed E-state index contributed by atoms with van der Waals surface area (Å²) in [6.45, 7) is 0. The van der Waals surface area contributed by atoms with Crippen LogP contribution >= 0.6 is 11.7 Å². The van der Waals surface area contributed by atoms with Gasteiger partial charge in [0, 0.05) is 5.56 Å². The summed E-state index contributed by atoms with van der Waals surface area (Å²) in [5.74, 6) is 0.129. The standard InChI is InChI=1S/C8H6N8S/c9-8-11-14-15-16(8)10-4-5-2-1-3-6-7(5)13-17-12-6/h1-4H,(H2,9,11,15)/b10-4-. The van der Waals surface area contributed by atoms with Crippen molar-refractivity contribution in [2.75, 3.05) is 5.73 Å². The molecule has 17 heavy (non-hydrogen) atoms. The number of nitrogens with zero attached hydrogens (tertiary/aromatic N) is 7. The van der Waals surface area contributed by atoms with Gasteiger partial charge < -0.3 is 5.73 Å². The first-order valence-corrected chi connectivity index (χ1v) is 5.37. The fourth-order valence-electron chi connectivity index (χ4n) is 1.32. The average Bonchev–Trinajstić information content (AvgIpc) is 2.95. The molecule has 0 radical (unpaired) electrons. The van der Waals surface area contributed by atoms with E-state index in [1.54, 1.807) is 6.21 Å². The van der Waals surface area contributed by atoms with Gasteiger partial charge in [0.15, 0.2) is 0 Å². The Morgan fingerprint density at radius 1 is 1.35 bits per heavy atom. The fourth-order valence-corrected chi connectivity index (χ4v) is 1.88. The number of anilines is 1. The van der Waals surface area contributed by atoms with Crippen LogP contribution in [0, 0.1) is 0 Å². The van der Waals surface area contributed by atoms with Gasteiger partial charge in [0.2, 0.25) is 0 Å². The number of nitrogens with two attached hydrogens (primary N) is 1. The lowest BCUT2D eigenvalue weighted by atomic mass is 10.2. The van der Waals surface area contributed by atoms with Gasteiger partial charge >= 0.3 is 0 Å². The van der Waals surface area contributed by atoms with Crippen molar-refractivity contribution in [2.45, 2.75) is 0 Å². The maximum Gasteiger partial charge on any atom is 0.263 e. The zero-order valence-electron chi connectivity index (χ0n) is 8.43. The number of hydrogen-bond acceptors (Lipinski definition) is 8. The highest BCUT2D eigenvalue weighted by molar-refractivity contribution is 7.00. The molecule has 0 bridgehead atoms. The van der Waals surface area contributed by atoms with Gasteiger partial charge in [-0.15, -0.1) is 0 Å². The molecule has 3 aromatic rings. The Labute approximate surface area is 99.1 Å². The maximum absolute atomic E-state index is 5.48. The summed E-state index contributed by atoms with van der Waals surface area (Å²) >= 11 is 1.16. The average molecular weight is 246 g/mol. The number of hydrogen-bond donors (Lipinski definition) is 1. The molecule has 0 aliphatic carbocycles. The minimum atomic E-state index is 0.129. The summed E-state index contributed by atoms with van der Waals surface area (Å²) in [6.07, 6.45) is 1.59. The molecule has 0 amide bonds. The summed E-state index contributed by atoms with van der Waals surface area (Å²) in [5.41, 5.74) is 7.96. The van der Waals surface area contributed by atoms with Crippen molar-refractivity contribution < 1.29 is 0 Å². The van der Waals surface area contributed by atoms with Crippen molar-refractivity contribution in [3.8, 4) is 0 Å². The summed E-state index contributed by atoms with van der Waals surface area (Å²) in [4.78, 5) is 1.14. The lowest BCUT2D eigenvalue weighted by Gasteiger charge is -1.93. The second-order valence-corrected chi connectivity index (χ2v) is 3.68. The van der Waals surface area contributed by atoms with E-state index in [4.69, 9.17) is 5.73 Å². The van der Waals surface area contributed by atoms with Crippen LogP contribution in [-0.4, -0.2) is 35.3 Å². The lowest BCUT2D eigenvalue weighted by molar-refractivity contribution is 0.700. The predicted octanol–water partition coefficient (Wildman–Crippen LogP) is 0.142. The van der Waals surface area contributed by atoms with Crippen LogP contribution in [0.1, 0.15) is 5.56 Å². The quantitative estimate of drug-likeness (QED) is 0.644. The van der Waals surface area contributed by atoms with E-state index in [9.17, 15) is 0 Å². The number of rotatable bonds is 2. The first-order chi connectivity index (χ1) is 8.34. The molecule has 0 unspecified atom stereocenters. The van der Waals surface area contributed by atoms with Gasteiger partial charge in [-0.3, -0.25) is 0 Å². The molecule has 2 heterocycles. The third-order valence-corrected chi connectivity index (χ3v) is 2.64. The van der Waals surface area contributed by atoms with E-state index < -0.39 is 0 Å². The topological polar surface area (TPSA) is 108 Å². The van der Waals surface area contributed by atoms with Gasteiger partial charge in [-0.2, -0.15) is 13.8 Å². The molecule has 0 atom stereocenters. The van der Waals surface area contributed by atoms with Crippen molar-refractivity contribution in [3.63, 3.8) is 0 Å². The smallest absolute Gasteiger partial charge is 0.263 e. The lowest BCUT2D eigenvalue weighted by Crippen LogP contribution is -1.99. The van der Waals surface area contributed by atoms with Crippen LogP contribution in [0.2, 0.25) is 0 Å². The molecule has 8 nitrogen and oxygen atoms in total. The third kappa shape index (κ3) is 1.72. The zero-order valence-corrected chi connectivity index (χ0v) is 9.24. The number of aromatic nitrogens is 6. The summed E-state index contributed by atoms with van der Waals surface area (Å²) in [5, 5.41) is 14.5. The minimum Gasteiger partial charge on any atom is -0.365 e. The summed E-state index contributed by atoms with van der Waals surface area (Å²) < 4.78 is 8.33. The Bertz CT molecular complexity index is 683. The van der Waals surface area contributed by atoms with Gasteiger partial charge in [-0.05, 0) is 16.5 Å². The maximum atomic E-state index is 5.48. The number of tetrazole rings is 1. The van der Waals surface area contributed by atoms with E-state index in [1.807, 2.05) is 18.2 Å². The highest BCUT2D eigenvalue weighted by Crippen LogP contribution is 2.14. The van der Waals surface area contributed by atoms with E-state index in [0.29, 0.717) is 0 Å². The van der Waals surface area contributed by atoms with Crippen LogP contribution in [0.5, 0.6) is 0 Å². The van der Waals surface area contributed by atoms with Gasteiger partial charge in [-0.1, -0.05) is 22.0 Å². The van der Waals surface area contributed by atoms with Crippen molar-refractivity contribution >= 4 is 34.9 Å². The summed E-state index contributed by atoms with van der Waals surface area (Å²) in [7, 11) is 0. The first-order valence-electron chi connectivity index (χ1n) is 4.64. The first kappa shape index (κ1) is 9.78. The SMILES string of the molecule is Nc1nnnn1/N=C\c1cccc2nsnc12. The van der Waals surface area contributed by atoms with Crippen LogP contribution in [0.15, 0.2) is 23.3 Å². The molecule has 3 rings (SSSR count). The van der Waals surface area contributed by atoms with Gasteiger partial charge in [0.1, 0.15) is 11.0 Å². The molecule has 84 valence electrons. The third-order valence-electron chi connectivity index (χ3n) is 2.10. The van der Waals surface area contributed by atoms with Crippen molar-refractivity contribution in [1.29, 1.82) is 0 Å². The Hall–Kier alpha value is -2.42. The Morgan fingerprint density at radius 3 is 3.12 bits per heavy atom. The van der Waals surface area contributed by atoms with Crippen LogP contribution in [0.3, 0.4) is 0 Å². The Balaban J connectivity index is 2.03. The van der Waals surface area contributed by atoms with Crippen LogP contribution in [0.25, 0.3) is 11.0 Å². The van der Waals surface area contributed by atoms with E-state index in [2.05, 4.69) is 29.4 Å². The molecule has 0 spiro atoms. The normalized spacial score (nSPS) is 11.5. The molecule has 0 aliphatic heterocycles. The molecule has 0 saturated heterocycles. The second-order valence-electron chi connectivity index (χ2n) is 3.15. The highest BCUT2D eigenvalue weighted by Gasteiger charge is 2.03. The monoisotopic (exact) mass is 246 g/mol. The van der Waals surface area contributed by atoms with Crippen molar-refractivity contribution in [2.24, 2.45) is 5.10 Å². The van der Waals surface area contributed by atoms with Gasteiger partial charge in [0.25, 0.3) is 5.95 Å². The molecule has 1 aromatic carbocycles. The molecule has 9 heteroatoms. The van der Waals surface area contributed by atoms with Crippen LogP contribution < -0.4 is 5.73 Å². The zero-order chi connectivity index (χ0) is 11.7. The van der Waals surface area contributed by atoms with Crippen molar-refractivity contribution in [3.05, 3.63) is 23.8 Å². The minimum absolute atomic E-state index is 0.129. The largest absolute Gasteiger partial charge is 0.365 e. The van der Waals surface area contributed by atoms with E-state index >= 15 is 0 Å². The molecular weight excluding hydrogens is 240 g/mol. The molecule has 0 aliphatic rings. The number of benzene rings is 1. The van der Waals surface area contributed by atoms with Gasteiger partial charge in [0.05, 0.1) is 17.9 Å². The molecule has 0 fully saturated rings. The second kappa shape index (κ2) is 3.87. The van der Waals surface area contributed by atoms with Gasteiger partial charge in [-0.25, -0.2) is 0 Å². The Morgan fingerprint density at radius 2 is 2.29 bits per heavy atom. The molecular formula is C8H6N8S. The van der Waals surface area contributed by atoms with E-state index in [1.165, 1.54) is 0 Å². The Kier molecular flexibility index (Phi) is 2.22. The summed E-state index contributed by atoms with van der Waals surface area (Å²) in [6, 6.07) is 5.66. The van der Waals surface area contributed by atoms with E-state index in [0.717, 1.165) is 33.1 Å². The van der Waals surface area contributed by atoms with Crippen LogP contribution in [-0.2, 0) is 0 Å². The predicted molar refractivity (Wildman–Crippen MR) is 62.6 cm³/mol. The molecule has 2 aromatic heterocycles. The molecule has 0 saturated carbocycles. The van der Waals surface area contributed by atoms with E-state index in [-0.39, 0.29) is 5.95 Å².